The van der Waals surface area contributed by atoms with Crippen molar-refractivity contribution in [2.45, 2.75) is 40.5 Å². The van der Waals surface area contributed by atoms with Crippen LogP contribution in [-0.2, 0) is 17.6 Å². The molecular formula is C28H31N3O4. The van der Waals surface area contributed by atoms with Gasteiger partial charge in [0.1, 0.15) is 16.9 Å². The van der Waals surface area contributed by atoms with Crippen LogP contribution in [0.4, 0.5) is 0 Å². The lowest BCUT2D eigenvalue weighted by Gasteiger charge is -2.34. The number of nitrogens with zero attached hydrogens (tertiary/aromatic N) is 3. The average Bonchev–Trinajstić information content (AvgIpc) is 3.16. The molecule has 0 unspecified atom stereocenters. The van der Waals surface area contributed by atoms with Crippen molar-refractivity contribution in [2.24, 2.45) is 0 Å². The maximum absolute atomic E-state index is 13.1. The third kappa shape index (κ3) is 4.36. The van der Waals surface area contributed by atoms with Crippen LogP contribution in [0.15, 0.2) is 44.1 Å². The molecular weight excluding hydrogens is 442 g/mol. The quantitative estimate of drug-likeness (QED) is 0.406. The van der Waals surface area contributed by atoms with Crippen LogP contribution < -0.4 is 5.63 Å². The molecule has 0 N–H and O–H groups in total. The maximum Gasteiger partial charge on any atom is 0.340 e. The Labute approximate surface area is 204 Å². The molecule has 4 aromatic rings. The van der Waals surface area contributed by atoms with Crippen LogP contribution in [-0.4, -0.2) is 53.4 Å². The molecule has 0 saturated carbocycles. The summed E-state index contributed by atoms with van der Waals surface area (Å²) in [5.41, 5.74) is 5.06. The van der Waals surface area contributed by atoms with Gasteiger partial charge in [-0.1, -0.05) is 6.07 Å². The molecule has 4 heterocycles. The molecule has 1 aliphatic rings. The number of hydrogen-bond acceptors (Lipinski definition) is 6. The first kappa shape index (κ1) is 23.3. The zero-order valence-corrected chi connectivity index (χ0v) is 20.8. The van der Waals surface area contributed by atoms with E-state index >= 15 is 0 Å². The zero-order chi connectivity index (χ0) is 24.7. The fourth-order valence-electron chi connectivity index (χ4n) is 5.00. The van der Waals surface area contributed by atoms with Gasteiger partial charge in [-0.3, -0.25) is 14.7 Å². The summed E-state index contributed by atoms with van der Waals surface area (Å²) < 4.78 is 11.7. The highest BCUT2D eigenvalue weighted by Crippen LogP contribution is 2.34. The van der Waals surface area contributed by atoms with Gasteiger partial charge in [-0.05, 0) is 57.0 Å². The van der Waals surface area contributed by atoms with Gasteiger partial charge in [0.2, 0.25) is 5.91 Å². The van der Waals surface area contributed by atoms with Crippen molar-refractivity contribution < 1.29 is 13.6 Å². The first-order chi connectivity index (χ1) is 16.8. The van der Waals surface area contributed by atoms with Gasteiger partial charge in [-0.25, -0.2) is 4.79 Å². The number of amides is 1. The Hall–Kier alpha value is -3.45. The minimum atomic E-state index is -0.445. The lowest BCUT2D eigenvalue weighted by Crippen LogP contribution is -2.49. The summed E-state index contributed by atoms with van der Waals surface area (Å²) in [5, 5.41) is 1.88. The molecule has 0 aliphatic carbocycles. The highest BCUT2D eigenvalue weighted by atomic mass is 16.4. The number of aryl methyl sites for hydroxylation is 4. The number of pyridine rings is 1. The van der Waals surface area contributed by atoms with Gasteiger partial charge in [0.25, 0.3) is 0 Å². The maximum atomic E-state index is 13.1. The Kier molecular flexibility index (Phi) is 6.19. The van der Waals surface area contributed by atoms with Gasteiger partial charge in [0, 0.05) is 67.4 Å². The first-order valence-electron chi connectivity index (χ1n) is 12.2. The monoisotopic (exact) mass is 473 g/mol. The molecule has 0 spiro atoms. The van der Waals surface area contributed by atoms with Crippen LogP contribution >= 0.6 is 0 Å². The van der Waals surface area contributed by atoms with Crippen molar-refractivity contribution in [1.82, 2.24) is 14.8 Å². The fraction of sp³-hybridized carbons (Fsp3) is 0.393. The molecule has 5 rings (SSSR count). The van der Waals surface area contributed by atoms with E-state index in [0.717, 1.165) is 70.6 Å². The Morgan fingerprint density at radius 2 is 1.66 bits per heavy atom. The van der Waals surface area contributed by atoms with Gasteiger partial charge in [-0.2, -0.15) is 0 Å². The molecule has 7 heteroatoms. The van der Waals surface area contributed by atoms with Crippen LogP contribution in [0.25, 0.3) is 21.9 Å². The third-order valence-corrected chi connectivity index (χ3v) is 7.41. The largest absolute Gasteiger partial charge is 0.461 e. The molecule has 0 atom stereocenters. The van der Waals surface area contributed by atoms with Crippen molar-refractivity contribution >= 4 is 27.8 Å². The van der Waals surface area contributed by atoms with Crippen molar-refractivity contribution in [3.8, 4) is 0 Å². The molecule has 0 bridgehead atoms. The van der Waals surface area contributed by atoms with Gasteiger partial charge in [-0.15, -0.1) is 0 Å². The number of fused-ring (bicyclic) bond motifs is 2. The number of benzene rings is 1. The fourth-order valence-corrected chi connectivity index (χ4v) is 5.00. The molecule has 1 aliphatic heterocycles. The molecule has 182 valence electrons. The lowest BCUT2D eigenvalue weighted by molar-refractivity contribution is -0.132. The van der Waals surface area contributed by atoms with E-state index in [2.05, 4.69) is 9.88 Å². The highest BCUT2D eigenvalue weighted by Gasteiger charge is 2.24. The molecule has 1 aromatic carbocycles. The second kappa shape index (κ2) is 9.30. The summed E-state index contributed by atoms with van der Waals surface area (Å²) in [6.45, 7) is 11.7. The highest BCUT2D eigenvalue weighted by molar-refractivity contribution is 6.00. The SMILES string of the molecule is Cc1oc2c(C)c3oc(=O)c(CC(=O)N4CCN(CCc5ccccn5)CC4)c(C)c3cc2c1C. The molecule has 1 fully saturated rings. The number of hydrogen-bond donors (Lipinski definition) is 0. The molecule has 1 amide bonds. The summed E-state index contributed by atoms with van der Waals surface area (Å²) in [4.78, 5) is 34.7. The van der Waals surface area contributed by atoms with E-state index in [0.29, 0.717) is 24.2 Å². The number of carbonyl (C=O) groups is 1. The summed E-state index contributed by atoms with van der Waals surface area (Å²) >= 11 is 0. The molecule has 1 saturated heterocycles. The Morgan fingerprint density at radius 1 is 0.943 bits per heavy atom. The minimum Gasteiger partial charge on any atom is -0.461 e. The third-order valence-electron chi connectivity index (χ3n) is 7.41. The van der Waals surface area contributed by atoms with Gasteiger partial charge in [0.05, 0.1) is 12.0 Å². The van der Waals surface area contributed by atoms with Crippen LogP contribution in [0, 0.1) is 27.7 Å². The Morgan fingerprint density at radius 3 is 2.37 bits per heavy atom. The predicted molar refractivity (Wildman–Crippen MR) is 136 cm³/mol. The van der Waals surface area contributed by atoms with Crippen molar-refractivity contribution in [1.29, 1.82) is 0 Å². The smallest absolute Gasteiger partial charge is 0.340 e. The van der Waals surface area contributed by atoms with Crippen molar-refractivity contribution in [3.63, 3.8) is 0 Å². The van der Waals surface area contributed by atoms with Crippen molar-refractivity contribution in [3.05, 3.63) is 74.6 Å². The van der Waals surface area contributed by atoms with E-state index in [1.54, 1.807) is 0 Å². The van der Waals surface area contributed by atoms with E-state index in [-0.39, 0.29) is 12.3 Å². The summed E-state index contributed by atoms with van der Waals surface area (Å²) in [6, 6.07) is 7.99. The number of rotatable bonds is 5. The number of piperazine rings is 1. The summed E-state index contributed by atoms with van der Waals surface area (Å²) in [5.74, 6) is 0.824. The van der Waals surface area contributed by atoms with Crippen LogP contribution in [0.3, 0.4) is 0 Å². The number of furan rings is 1. The lowest BCUT2D eigenvalue weighted by atomic mass is 9.98. The van der Waals surface area contributed by atoms with E-state index in [1.165, 1.54) is 0 Å². The van der Waals surface area contributed by atoms with Gasteiger partial charge < -0.3 is 13.7 Å². The van der Waals surface area contributed by atoms with Gasteiger partial charge >= 0.3 is 5.63 Å². The van der Waals surface area contributed by atoms with E-state index in [4.69, 9.17) is 8.83 Å². The topological polar surface area (TPSA) is 79.8 Å². The Bertz CT molecular complexity index is 1460. The molecule has 3 aromatic heterocycles. The molecule has 7 nitrogen and oxygen atoms in total. The predicted octanol–water partition coefficient (Wildman–Crippen LogP) is 4.10. The van der Waals surface area contributed by atoms with Crippen LogP contribution in [0.5, 0.6) is 0 Å². The second-order valence-electron chi connectivity index (χ2n) is 9.50. The van der Waals surface area contributed by atoms with Gasteiger partial charge in [0.15, 0.2) is 0 Å². The summed E-state index contributed by atoms with van der Waals surface area (Å²) in [7, 11) is 0. The second-order valence-corrected chi connectivity index (χ2v) is 9.50. The average molecular weight is 474 g/mol. The number of aromatic nitrogens is 1. The number of carbonyl (C=O) groups excluding carboxylic acids is 1. The van der Waals surface area contributed by atoms with E-state index in [1.807, 2.05) is 63.1 Å². The normalized spacial score (nSPS) is 14.8. The zero-order valence-electron chi connectivity index (χ0n) is 20.8. The standard InChI is InChI=1S/C28H31N3O4/c1-17-20(4)34-26-19(3)27-23(15-22(17)26)18(2)24(28(33)35-27)16-25(32)31-13-11-30(12-14-31)10-8-21-7-5-6-9-29-21/h5-7,9,15H,8,10-14,16H2,1-4H3. The van der Waals surface area contributed by atoms with Crippen LogP contribution in [0.1, 0.15) is 33.7 Å². The summed E-state index contributed by atoms with van der Waals surface area (Å²) in [6.07, 6.45) is 2.77. The first-order valence-corrected chi connectivity index (χ1v) is 12.2. The molecule has 35 heavy (non-hydrogen) atoms. The van der Waals surface area contributed by atoms with E-state index in [9.17, 15) is 9.59 Å². The molecule has 0 radical (unpaired) electrons. The van der Waals surface area contributed by atoms with E-state index < -0.39 is 5.63 Å². The van der Waals surface area contributed by atoms with Crippen LogP contribution in [0.2, 0.25) is 0 Å². The Balaban J connectivity index is 1.31. The minimum absolute atomic E-state index is 0.0303. The van der Waals surface area contributed by atoms with Crippen molar-refractivity contribution in [2.75, 3.05) is 32.7 Å².